The molecule has 5 nitrogen and oxygen atoms in total. The average Bonchev–Trinajstić information content (AvgIpc) is 2.81. The molecule has 0 saturated heterocycles. The molecular formula is C29H40O5. The number of hydrogen-bond donors (Lipinski definition) is 2. The van der Waals surface area contributed by atoms with Gasteiger partial charge in [0, 0.05) is 0 Å². The van der Waals surface area contributed by atoms with E-state index in [0.717, 1.165) is 37.7 Å². The summed E-state index contributed by atoms with van der Waals surface area (Å²) in [5.41, 5.74) is 2.72. The molecule has 34 heavy (non-hydrogen) atoms. The van der Waals surface area contributed by atoms with Gasteiger partial charge in [-0.2, -0.15) is 0 Å². The van der Waals surface area contributed by atoms with Crippen molar-refractivity contribution in [3.8, 4) is 5.75 Å². The van der Waals surface area contributed by atoms with E-state index in [4.69, 9.17) is 4.74 Å². The van der Waals surface area contributed by atoms with Crippen molar-refractivity contribution in [2.75, 3.05) is 0 Å². The van der Waals surface area contributed by atoms with Gasteiger partial charge in [0.25, 0.3) is 0 Å². The van der Waals surface area contributed by atoms with Gasteiger partial charge in [0.1, 0.15) is 11.3 Å². The zero-order valence-corrected chi connectivity index (χ0v) is 21.2. The molecule has 2 rings (SSSR count). The fourth-order valence-corrected chi connectivity index (χ4v) is 4.48. The first-order valence-electron chi connectivity index (χ1n) is 12.6. The molecule has 2 aromatic rings. The van der Waals surface area contributed by atoms with Crippen LogP contribution in [-0.4, -0.2) is 28.3 Å². The maximum Gasteiger partial charge on any atom is 0.340 e. The minimum absolute atomic E-state index is 0.177. The molecule has 0 saturated carbocycles. The van der Waals surface area contributed by atoms with Gasteiger partial charge in [-0.15, -0.1) is 0 Å². The van der Waals surface area contributed by atoms with Crippen LogP contribution in [0.2, 0.25) is 0 Å². The summed E-state index contributed by atoms with van der Waals surface area (Å²) in [4.78, 5) is 24.1. The molecule has 0 bridgehead atoms. The van der Waals surface area contributed by atoms with Crippen LogP contribution in [-0.2, 0) is 6.42 Å². The van der Waals surface area contributed by atoms with Gasteiger partial charge in [-0.1, -0.05) is 75.8 Å². The largest absolute Gasteiger partial charge is 0.489 e. The Bertz CT molecular complexity index is 949. The smallest absolute Gasteiger partial charge is 0.340 e. The van der Waals surface area contributed by atoms with Crippen molar-refractivity contribution in [1.82, 2.24) is 0 Å². The highest BCUT2D eigenvalue weighted by molar-refractivity contribution is 6.05. The Hall–Kier alpha value is -2.82. The molecule has 0 aliphatic carbocycles. The van der Waals surface area contributed by atoms with Crippen molar-refractivity contribution in [1.29, 1.82) is 0 Å². The first kappa shape index (κ1) is 27.4. The van der Waals surface area contributed by atoms with Crippen LogP contribution in [0.4, 0.5) is 0 Å². The van der Waals surface area contributed by atoms with Crippen LogP contribution < -0.4 is 4.74 Å². The van der Waals surface area contributed by atoms with E-state index >= 15 is 0 Å². The van der Waals surface area contributed by atoms with Crippen molar-refractivity contribution in [3.63, 3.8) is 0 Å². The maximum absolute atomic E-state index is 12.2. The van der Waals surface area contributed by atoms with Crippen molar-refractivity contribution in [3.05, 3.63) is 63.7 Å². The zero-order valence-electron chi connectivity index (χ0n) is 21.2. The van der Waals surface area contributed by atoms with Crippen LogP contribution in [0.25, 0.3) is 0 Å². The van der Waals surface area contributed by atoms with Gasteiger partial charge in [-0.25, -0.2) is 9.59 Å². The Kier molecular flexibility index (Phi) is 11.1. The third-order valence-electron chi connectivity index (χ3n) is 6.76. The molecule has 0 spiro atoms. The Morgan fingerprint density at radius 2 is 1.35 bits per heavy atom. The summed E-state index contributed by atoms with van der Waals surface area (Å²) in [5.74, 6) is -2.30. The van der Waals surface area contributed by atoms with E-state index in [1.165, 1.54) is 37.7 Å². The predicted molar refractivity (Wildman–Crippen MR) is 136 cm³/mol. The monoisotopic (exact) mass is 468 g/mol. The molecule has 0 radical (unpaired) electrons. The number of aryl methyl sites for hydroxylation is 1. The predicted octanol–water partition coefficient (Wildman–Crippen LogP) is 7.53. The summed E-state index contributed by atoms with van der Waals surface area (Å²) in [6.07, 6.45) is 10.5. The molecule has 186 valence electrons. The number of carboxylic acids is 2. The second-order valence-electron chi connectivity index (χ2n) is 9.24. The van der Waals surface area contributed by atoms with E-state index in [-0.39, 0.29) is 23.0 Å². The summed E-state index contributed by atoms with van der Waals surface area (Å²) in [7, 11) is 0. The van der Waals surface area contributed by atoms with Crippen LogP contribution in [0, 0.1) is 20.8 Å². The minimum atomic E-state index is -1.27. The van der Waals surface area contributed by atoms with E-state index in [1.807, 2.05) is 32.0 Å². The molecule has 1 unspecified atom stereocenters. The van der Waals surface area contributed by atoms with Gasteiger partial charge in [0.05, 0.1) is 11.7 Å². The van der Waals surface area contributed by atoms with E-state index in [9.17, 15) is 19.8 Å². The molecule has 0 aliphatic rings. The fourth-order valence-electron chi connectivity index (χ4n) is 4.48. The number of rotatable bonds is 15. The molecule has 0 aliphatic heterocycles. The molecule has 0 fully saturated rings. The molecule has 5 heteroatoms. The Morgan fingerprint density at radius 3 is 1.94 bits per heavy atom. The highest BCUT2D eigenvalue weighted by Crippen LogP contribution is 2.35. The number of carbonyl (C=O) groups is 2. The molecule has 1 atom stereocenters. The molecular weight excluding hydrogens is 428 g/mol. The summed E-state index contributed by atoms with van der Waals surface area (Å²) >= 11 is 0. The average molecular weight is 469 g/mol. The summed E-state index contributed by atoms with van der Waals surface area (Å²) in [6, 6.07) is 10.2. The third-order valence-corrected chi connectivity index (χ3v) is 6.76. The van der Waals surface area contributed by atoms with Gasteiger partial charge >= 0.3 is 11.9 Å². The number of aromatic carboxylic acids is 2. The number of hydrogen-bond acceptors (Lipinski definition) is 3. The Labute approximate surface area is 204 Å². The molecule has 0 heterocycles. The van der Waals surface area contributed by atoms with Gasteiger partial charge in [0.2, 0.25) is 0 Å². The van der Waals surface area contributed by atoms with E-state index in [1.54, 1.807) is 6.92 Å². The van der Waals surface area contributed by atoms with Crippen LogP contribution in [0.15, 0.2) is 30.3 Å². The quantitative estimate of drug-likeness (QED) is 0.264. The minimum Gasteiger partial charge on any atom is -0.489 e. The highest BCUT2D eigenvalue weighted by Gasteiger charge is 2.29. The second kappa shape index (κ2) is 13.8. The van der Waals surface area contributed by atoms with Gasteiger partial charge in [-0.05, 0) is 68.7 Å². The molecule has 2 aromatic carbocycles. The zero-order chi connectivity index (χ0) is 25.1. The van der Waals surface area contributed by atoms with Crippen LogP contribution in [0.3, 0.4) is 0 Å². The van der Waals surface area contributed by atoms with Crippen molar-refractivity contribution in [2.45, 2.75) is 98.0 Å². The number of carboxylic acid groups (broad SMARTS) is 2. The first-order chi connectivity index (χ1) is 16.3. The third kappa shape index (κ3) is 7.61. The Morgan fingerprint density at radius 1 is 0.765 bits per heavy atom. The maximum atomic E-state index is 12.2. The topological polar surface area (TPSA) is 83.8 Å². The van der Waals surface area contributed by atoms with E-state index < -0.39 is 11.9 Å². The lowest BCUT2D eigenvalue weighted by atomic mass is 9.92. The molecule has 2 N–H and O–H groups in total. The van der Waals surface area contributed by atoms with Gasteiger partial charge in [-0.3, -0.25) is 0 Å². The highest BCUT2D eigenvalue weighted by atomic mass is 16.5. The summed E-state index contributed by atoms with van der Waals surface area (Å²) < 4.78 is 6.39. The summed E-state index contributed by atoms with van der Waals surface area (Å²) in [5, 5.41) is 19.7. The van der Waals surface area contributed by atoms with Crippen molar-refractivity contribution >= 4 is 11.9 Å². The van der Waals surface area contributed by atoms with Crippen LogP contribution in [0.1, 0.15) is 108 Å². The lowest BCUT2D eigenvalue weighted by Gasteiger charge is -2.24. The first-order valence-corrected chi connectivity index (χ1v) is 12.6. The van der Waals surface area contributed by atoms with Crippen molar-refractivity contribution in [2.24, 2.45) is 0 Å². The van der Waals surface area contributed by atoms with E-state index in [2.05, 4.69) is 19.1 Å². The lowest BCUT2D eigenvalue weighted by Crippen LogP contribution is -2.22. The summed E-state index contributed by atoms with van der Waals surface area (Å²) in [6.45, 7) is 7.51. The van der Waals surface area contributed by atoms with Gasteiger partial charge < -0.3 is 14.9 Å². The SMILES string of the molecule is CCCCCCCCCC(CCc1ccccc1)Oc1c(C)c(C)c(C)c(C(=O)O)c1C(=O)O. The van der Waals surface area contributed by atoms with Crippen LogP contribution >= 0.6 is 0 Å². The number of benzene rings is 2. The van der Waals surface area contributed by atoms with E-state index in [0.29, 0.717) is 11.1 Å². The van der Waals surface area contributed by atoms with Crippen LogP contribution in [0.5, 0.6) is 5.75 Å². The molecule has 0 aromatic heterocycles. The van der Waals surface area contributed by atoms with Gasteiger partial charge in [0.15, 0.2) is 0 Å². The fraction of sp³-hybridized carbons (Fsp3) is 0.517. The Balaban J connectivity index is 2.26. The number of ether oxygens (including phenoxy) is 1. The molecule has 0 amide bonds. The number of unbranched alkanes of at least 4 members (excludes halogenated alkanes) is 6. The normalized spacial score (nSPS) is 11.9. The lowest BCUT2D eigenvalue weighted by molar-refractivity contribution is 0.0642. The standard InChI is InChI=1S/C29H40O5/c1-5-6-7-8-9-10-14-17-24(19-18-23-15-12-11-13-16-23)34-27-22(4)20(2)21(3)25(28(30)31)26(27)29(32)33/h11-13,15-16,24H,5-10,14,17-19H2,1-4H3,(H,30,31)(H,32,33). The van der Waals surface area contributed by atoms with Crippen molar-refractivity contribution < 1.29 is 24.5 Å². The second-order valence-corrected chi connectivity index (χ2v) is 9.24.